The number of aryl methyl sites for hydroxylation is 1. The zero-order chi connectivity index (χ0) is 13.0. The van der Waals surface area contributed by atoms with E-state index in [0.717, 1.165) is 12.1 Å². The third kappa shape index (κ3) is 3.11. The van der Waals surface area contributed by atoms with Crippen LogP contribution in [0.4, 0.5) is 5.82 Å². The lowest BCUT2D eigenvalue weighted by atomic mass is 10.2. The van der Waals surface area contributed by atoms with E-state index in [-0.39, 0.29) is 0 Å². The number of hydrogen-bond donors (Lipinski definition) is 1. The van der Waals surface area contributed by atoms with Gasteiger partial charge in [-0.1, -0.05) is 17.7 Å². The SMILES string of the molecule is CCNc1cncc(Oc2cc(C)ccc2Cl)n1. The Morgan fingerprint density at radius 2 is 2.17 bits per heavy atom. The molecule has 5 heteroatoms. The van der Waals surface area contributed by atoms with Crippen molar-refractivity contribution in [1.29, 1.82) is 0 Å². The second-order valence-corrected chi connectivity index (χ2v) is 4.22. The molecule has 4 nitrogen and oxygen atoms in total. The van der Waals surface area contributed by atoms with Crippen molar-refractivity contribution in [1.82, 2.24) is 9.97 Å². The average molecular weight is 264 g/mol. The van der Waals surface area contributed by atoms with Crippen LogP contribution in [0.3, 0.4) is 0 Å². The summed E-state index contributed by atoms with van der Waals surface area (Å²) < 4.78 is 5.63. The Hall–Kier alpha value is -1.81. The molecule has 0 saturated heterocycles. The molecule has 0 spiro atoms. The fourth-order valence-corrected chi connectivity index (χ4v) is 1.62. The molecule has 0 aliphatic carbocycles. The normalized spacial score (nSPS) is 10.2. The molecule has 0 amide bonds. The minimum Gasteiger partial charge on any atom is -0.436 e. The van der Waals surface area contributed by atoms with Crippen LogP contribution in [0.1, 0.15) is 12.5 Å². The molecule has 1 aromatic carbocycles. The second kappa shape index (κ2) is 5.69. The number of hydrogen-bond acceptors (Lipinski definition) is 4. The summed E-state index contributed by atoms with van der Waals surface area (Å²) in [5.74, 6) is 1.68. The van der Waals surface area contributed by atoms with Crippen molar-refractivity contribution in [2.45, 2.75) is 13.8 Å². The molecule has 1 aromatic heterocycles. The van der Waals surface area contributed by atoms with Crippen LogP contribution < -0.4 is 10.1 Å². The quantitative estimate of drug-likeness (QED) is 0.914. The first-order valence-corrected chi connectivity index (χ1v) is 6.06. The van der Waals surface area contributed by atoms with Crippen LogP contribution in [0, 0.1) is 6.92 Å². The lowest BCUT2D eigenvalue weighted by molar-refractivity contribution is 0.461. The molecule has 94 valence electrons. The molecule has 2 rings (SSSR count). The predicted octanol–water partition coefficient (Wildman–Crippen LogP) is 3.66. The molecule has 1 heterocycles. The number of nitrogens with one attached hydrogen (secondary N) is 1. The number of halogens is 1. The van der Waals surface area contributed by atoms with Crippen LogP contribution >= 0.6 is 11.6 Å². The van der Waals surface area contributed by atoms with Gasteiger partial charge in [0.2, 0.25) is 5.88 Å². The maximum Gasteiger partial charge on any atom is 0.239 e. The molecule has 0 fully saturated rings. The van der Waals surface area contributed by atoms with E-state index < -0.39 is 0 Å². The van der Waals surface area contributed by atoms with Gasteiger partial charge in [0, 0.05) is 6.54 Å². The Morgan fingerprint density at radius 1 is 1.33 bits per heavy atom. The van der Waals surface area contributed by atoms with Gasteiger partial charge in [-0.05, 0) is 31.5 Å². The summed E-state index contributed by atoms with van der Waals surface area (Å²) >= 11 is 6.06. The number of rotatable bonds is 4. The van der Waals surface area contributed by atoms with Gasteiger partial charge in [0.25, 0.3) is 0 Å². The minimum absolute atomic E-state index is 0.418. The highest BCUT2D eigenvalue weighted by atomic mass is 35.5. The van der Waals surface area contributed by atoms with Crippen molar-refractivity contribution in [2.75, 3.05) is 11.9 Å². The van der Waals surface area contributed by atoms with Gasteiger partial charge < -0.3 is 10.1 Å². The third-order valence-electron chi connectivity index (χ3n) is 2.27. The Labute approximate surface area is 111 Å². The number of nitrogens with zero attached hydrogens (tertiary/aromatic N) is 2. The number of anilines is 1. The summed E-state index contributed by atoms with van der Waals surface area (Å²) in [4.78, 5) is 8.33. The Bertz CT molecular complexity index is 546. The molecule has 0 aliphatic heterocycles. The highest BCUT2D eigenvalue weighted by Crippen LogP contribution is 2.29. The first kappa shape index (κ1) is 12.6. The van der Waals surface area contributed by atoms with Crippen molar-refractivity contribution >= 4 is 17.4 Å². The minimum atomic E-state index is 0.418. The zero-order valence-corrected chi connectivity index (χ0v) is 11.0. The molecule has 0 aliphatic rings. The van der Waals surface area contributed by atoms with E-state index in [0.29, 0.717) is 22.5 Å². The van der Waals surface area contributed by atoms with Crippen LogP contribution in [0.15, 0.2) is 30.6 Å². The lowest BCUT2D eigenvalue weighted by Gasteiger charge is -2.08. The summed E-state index contributed by atoms with van der Waals surface area (Å²) in [6.45, 7) is 4.75. The van der Waals surface area contributed by atoms with E-state index >= 15 is 0 Å². The number of ether oxygens (including phenoxy) is 1. The van der Waals surface area contributed by atoms with E-state index in [9.17, 15) is 0 Å². The largest absolute Gasteiger partial charge is 0.436 e. The van der Waals surface area contributed by atoms with Crippen LogP contribution in [-0.2, 0) is 0 Å². The van der Waals surface area contributed by atoms with Crippen molar-refractivity contribution in [2.24, 2.45) is 0 Å². The molecule has 0 radical (unpaired) electrons. The molecule has 0 unspecified atom stereocenters. The summed E-state index contributed by atoms with van der Waals surface area (Å²) in [5, 5.41) is 3.63. The fourth-order valence-electron chi connectivity index (χ4n) is 1.47. The first-order valence-electron chi connectivity index (χ1n) is 5.69. The predicted molar refractivity (Wildman–Crippen MR) is 72.5 cm³/mol. The Kier molecular flexibility index (Phi) is 3.99. The highest BCUT2D eigenvalue weighted by molar-refractivity contribution is 6.32. The molecule has 0 atom stereocenters. The van der Waals surface area contributed by atoms with Gasteiger partial charge in [0.05, 0.1) is 17.4 Å². The van der Waals surface area contributed by atoms with Crippen molar-refractivity contribution in [3.05, 3.63) is 41.2 Å². The first-order chi connectivity index (χ1) is 8.69. The molecule has 2 aromatic rings. The fraction of sp³-hybridized carbons (Fsp3) is 0.231. The summed E-state index contributed by atoms with van der Waals surface area (Å²) in [5.41, 5.74) is 1.07. The van der Waals surface area contributed by atoms with E-state index in [2.05, 4.69) is 15.3 Å². The van der Waals surface area contributed by atoms with Gasteiger partial charge in [0.15, 0.2) is 0 Å². The van der Waals surface area contributed by atoms with Crippen LogP contribution in [0.2, 0.25) is 5.02 Å². The van der Waals surface area contributed by atoms with Gasteiger partial charge in [-0.3, -0.25) is 4.98 Å². The summed E-state index contributed by atoms with van der Waals surface area (Å²) in [6, 6.07) is 5.59. The van der Waals surface area contributed by atoms with Gasteiger partial charge in [0.1, 0.15) is 11.6 Å². The van der Waals surface area contributed by atoms with Crippen molar-refractivity contribution in [3.63, 3.8) is 0 Å². The monoisotopic (exact) mass is 263 g/mol. The Morgan fingerprint density at radius 3 is 2.94 bits per heavy atom. The average Bonchev–Trinajstić information content (AvgIpc) is 2.35. The van der Waals surface area contributed by atoms with Crippen LogP contribution in [0.25, 0.3) is 0 Å². The van der Waals surface area contributed by atoms with E-state index in [1.165, 1.54) is 0 Å². The van der Waals surface area contributed by atoms with Crippen molar-refractivity contribution in [3.8, 4) is 11.6 Å². The zero-order valence-electron chi connectivity index (χ0n) is 10.3. The van der Waals surface area contributed by atoms with E-state index in [4.69, 9.17) is 16.3 Å². The molecular formula is C13H14ClN3O. The molecule has 18 heavy (non-hydrogen) atoms. The number of benzene rings is 1. The highest BCUT2D eigenvalue weighted by Gasteiger charge is 2.05. The number of aromatic nitrogens is 2. The maximum absolute atomic E-state index is 6.06. The molecule has 0 bridgehead atoms. The smallest absolute Gasteiger partial charge is 0.239 e. The van der Waals surface area contributed by atoms with Gasteiger partial charge in [-0.2, -0.15) is 4.98 Å². The van der Waals surface area contributed by atoms with Gasteiger partial charge in [-0.25, -0.2) is 0 Å². The lowest BCUT2D eigenvalue weighted by Crippen LogP contribution is -2.00. The Balaban J connectivity index is 2.22. The van der Waals surface area contributed by atoms with Crippen LogP contribution in [-0.4, -0.2) is 16.5 Å². The summed E-state index contributed by atoms with van der Waals surface area (Å²) in [6.07, 6.45) is 3.20. The van der Waals surface area contributed by atoms with Crippen molar-refractivity contribution < 1.29 is 4.74 Å². The molecule has 0 saturated carbocycles. The second-order valence-electron chi connectivity index (χ2n) is 3.81. The van der Waals surface area contributed by atoms with E-state index in [1.807, 2.05) is 26.0 Å². The van der Waals surface area contributed by atoms with Gasteiger partial charge >= 0.3 is 0 Å². The molecular weight excluding hydrogens is 250 g/mol. The summed E-state index contributed by atoms with van der Waals surface area (Å²) in [7, 11) is 0. The van der Waals surface area contributed by atoms with Gasteiger partial charge in [-0.15, -0.1) is 0 Å². The standard InChI is InChI=1S/C13H14ClN3O/c1-3-16-12-7-15-8-13(17-12)18-11-6-9(2)4-5-10(11)14/h4-8H,3H2,1-2H3,(H,16,17). The third-order valence-corrected chi connectivity index (χ3v) is 2.58. The maximum atomic E-state index is 6.06. The van der Waals surface area contributed by atoms with Crippen LogP contribution in [0.5, 0.6) is 11.6 Å². The topological polar surface area (TPSA) is 47.0 Å². The molecule has 1 N–H and O–H groups in total. The van der Waals surface area contributed by atoms with E-state index in [1.54, 1.807) is 18.5 Å².